The molecular weight excluding hydrogens is 346 g/mol. The van der Waals surface area contributed by atoms with Crippen molar-refractivity contribution in [2.45, 2.75) is 20.3 Å². The van der Waals surface area contributed by atoms with Gasteiger partial charge in [0.05, 0.1) is 11.9 Å². The van der Waals surface area contributed by atoms with E-state index in [4.69, 9.17) is 5.10 Å². The van der Waals surface area contributed by atoms with Crippen molar-refractivity contribution in [2.24, 2.45) is 0 Å². The lowest BCUT2D eigenvalue weighted by molar-refractivity contribution is 0.903. The Kier molecular flexibility index (Phi) is 5.15. The van der Waals surface area contributed by atoms with Crippen molar-refractivity contribution in [1.29, 1.82) is 0 Å². The van der Waals surface area contributed by atoms with Crippen LogP contribution in [0.2, 0.25) is 0 Å². The molecule has 28 heavy (non-hydrogen) atoms. The van der Waals surface area contributed by atoms with Gasteiger partial charge in [0.15, 0.2) is 5.65 Å². The molecule has 4 aromatic rings. The number of benzene rings is 1. The number of pyridine rings is 1. The number of nitrogens with one attached hydrogen (secondary N) is 1. The Balaban J connectivity index is 1.55. The quantitative estimate of drug-likeness (QED) is 0.538. The third kappa shape index (κ3) is 3.93. The van der Waals surface area contributed by atoms with Gasteiger partial charge in [-0.2, -0.15) is 0 Å². The normalized spacial score (nSPS) is 11.7. The van der Waals surface area contributed by atoms with Crippen molar-refractivity contribution in [1.82, 2.24) is 19.6 Å². The van der Waals surface area contributed by atoms with Crippen molar-refractivity contribution < 1.29 is 0 Å². The first-order valence-electron chi connectivity index (χ1n) is 9.42. The van der Waals surface area contributed by atoms with E-state index < -0.39 is 0 Å². The molecule has 5 heteroatoms. The summed E-state index contributed by atoms with van der Waals surface area (Å²) in [6.07, 6.45) is 8.65. The SMILES string of the molecule is C/C(=C\c1ccccc1C)c1cnc2ccc(NCCc3cccnc3)nn12. The average Bonchev–Trinajstić information content (AvgIpc) is 3.14. The zero-order valence-corrected chi connectivity index (χ0v) is 16.1. The Morgan fingerprint density at radius 3 is 2.79 bits per heavy atom. The molecular formula is C23H23N5. The number of anilines is 1. The van der Waals surface area contributed by atoms with E-state index in [0.29, 0.717) is 0 Å². The van der Waals surface area contributed by atoms with E-state index in [1.54, 1.807) is 6.20 Å². The molecule has 0 aliphatic carbocycles. The highest BCUT2D eigenvalue weighted by atomic mass is 15.3. The van der Waals surface area contributed by atoms with Crippen molar-refractivity contribution in [2.75, 3.05) is 11.9 Å². The monoisotopic (exact) mass is 369 g/mol. The summed E-state index contributed by atoms with van der Waals surface area (Å²) in [6.45, 7) is 5.02. The number of hydrogen-bond acceptors (Lipinski definition) is 4. The smallest absolute Gasteiger partial charge is 0.154 e. The Hall–Kier alpha value is -3.47. The second-order valence-corrected chi connectivity index (χ2v) is 6.85. The number of hydrogen-bond donors (Lipinski definition) is 1. The maximum atomic E-state index is 4.74. The molecule has 0 fully saturated rings. The van der Waals surface area contributed by atoms with Gasteiger partial charge in [-0.1, -0.05) is 30.3 Å². The fourth-order valence-corrected chi connectivity index (χ4v) is 3.17. The van der Waals surface area contributed by atoms with Gasteiger partial charge in [0.25, 0.3) is 0 Å². The van der Waals surface area contributed by atoms with Crippen molar-refractivity contribution in [3.8, 4) is 0 Å². The van der Waals surface area contributed by atoms with Gasteiger partial charge >= 0.3 is 0 Å². The van der Waals surface area contributed by atoms with E-state index in [-0.39, 0.29) is 0 Å². The summed E-state index contributed by atoms with van der Waals surface area (Å²) in [6, 6.07) is 16.4. The van der Waals surface area contributed by atoms with Crippen LogP contribution in [0.15, 0.2) is 67.1 Å². The number of fused-ring (bicyclic) bond motifs is 1. The average molecular weight is 369 g/mol. The molecule has 1 N–H and O–H groups in total. The molecule has 0 aliphatic rings. The van der Waals surface area contributed by atoms with Gasteiger partial charge in [0.2, 0.25) is 0 Å². The van der Waals surface area contributed by atoms with Gasteiger partial charge in [-0.15, -0.1) is 5.10 Å². The molecule has 0 amide bonds. The number of imidazole rings is 1. The topological polar surface area (TPSA) is 55.1 Å². The summed E-state index contributed by atoms with van der Waals surface area (Å²) >= 11 is 0. The molecule has 0 aliphatic heterocycles. The van der Waals surface area contributed by atoms with Gasteiger partial charge in [-0.3, -0.25) is 4.98 Å². The van der Waals surface area contributed by atoms with E-state index in [0.717, 1.165) is 35.7 Å². The fraction of sp³-hybridized carbons (Fsp3) is 0.174. The largest absolute Gasteiger partial charge is 0.368 e. The second kappa shape index (κ2) is 8.05. The molecule has 0 saturated carbocycles. The zero-order chi connectivity index (χ0) is 19.3. The van der Waals surface area contributed by atoms with Gasteiger partial charge in [-0.25, -0.2) is 9.50 Å². The molecule has 3 heterocycles. The summed E-state index contributed by atoms with van der Waals surface area (Å²) in [5.74, 6) is 0.833. The maximum Gasteiger partial charge on any atom is 0.154 e. The van der Waals surface area contributed by atoms with Gasteiger partial charge in [0.1, 0.15) is 5.82 Å². The lowest BCUT2D eigenvalue weighted by atomic mass is 10.1. The summed E-state index contributed by atoms with van der Waals surface area (Å²) < 4.78 is 1.90. The molecule has 5 nitrogen and oxygen atoms in total. The summed E-state index contributed by atoms with van der Waals surface area (Å²) in [4.78, 5) is 8.65. The summed E-state index contributed by atoms with van der Waals surface area (Å²) in [5, 5.41) is 8.13. The third-order valence-corrected chi connectivity index (χ3v) is 4.77. The van der Waals surface area contributed by atoms with Gasteiger partial charge in [-0.05, 0) is 66.8 Å². The number of allylic oxidation sites excluding steroid dienone is 1. The van der Waals surface area contributed by atoms with Crippen LogP contribution < -0.4 is 5.32 Å². The Morgan fingerprint density at radius 2 is 1.96 bits per heavy atom. The third-order valence-electron chi connectivity index (χ3n) is 4.77. The van der Waals surface area contributed by atoms with Crippen LogP contribution in [-0.4, -0.2) is 26.1 Å². The number of nitrogens with zero attached hydrogens (tertiary/aromatic N) is 4. The Labute approximate surface area is 164 Å². The van der Waals surface area contributed by atoms with Crippen molar-refractivity contribution in [3.05, 3.63) is 89.5 Å². The highest BCUT2D eigenvalue weighted by molar-refractivity contribution is 5.80. The zero-order valence-electron chi connectivity index (χ0n) is 16.1. The molecule has 140 valence electrons. The molecule has 1 aromatic carbocycles. The van der Waals surface area contributed by atoms with Crippen LogP contribution in [0.5, 0.6) is 0 Å². The van der Waals surface area contributed by atoms with Crippen LogP contribution in [0.4, 0.5) is 5.82 Å². The number of rotatable bonds is 6. The summed E-state index contributed by atoms with van der Waals surface area (Å²) in [7, 11) is 0. The molecule has 0 spiro atoms. The molecule has 0 radical (unpaired) electrons. The summed E-state index contributed by atoms with van der Waals surface area (Å²) in [5.41, 5.74) is 6.62. The first-order valence-corrected chi connectivity index (χ1v) is 9.42. The predicted molar refractivity (Wildman–Crippen MR) is 114 cm³/mol. The van der Waals surface area contributed by atoms with Gasteiger partial charge < -0.3 is 5.32 Å². The number of aromatic nitrogens is 4. The van der Waals surface area contributed by atoms with Crippen LogP contribution in [0.25, 0.3) is 17.3 Å². The van der Waals surface area contributed by atoms with Crippen LogP contribution in [0.1, 0.15) is 29.3 Å². The lowest BCUT2D eigenvalue weighted by Gasteiger charge is -2.08. The molecule has 4 rings (SSSR count). The molecule has 3 aromatic heterocycles. The first kappa shape index (κ1) is 17.9. The van der Waals surface area contributed by atoms with E-state index in [2.05, 4.69) is 65.5 Å². The van der Waals surface area contributed by atoms with E-state index >= 15 is 0 Å². The minimum atomic E-state index is 0.798. The second-order valence-electron chi connectivity index (χ2n) is 6.85. The van der Waals surface area contributed by atoms with Crippen molar-refractivity contribution in [3.63, 3.8) is 0 Å². The maximum absolute atomic E-state index is 4.74. The van der Waals surface area contributed by atoms with E-state index in [1.165, 1.54) is 16.7 Å². The van der Waals surface area contributed by atoms with E-state index in [1.807, 2.05) is 35.1 Å². The number of aryl methyl sites for hydroxylation is 1. The van der Waals surface area contributed by atoms with Gasteiger partial charge in [0, 0.05) is 18.9 Å². The standard InChI is InChI=1S/C23H23N5/c1-17-6-3-4-8-20(17)14-18(2)21-16-26-23-10-9-22(27-28(21)23)25-13-11-19-7-5-12-24-15-19/h3-10,12,14-16H,11,13H2,1-2H3,(H,25,27)/b18-14+. The highest BCUT2D eigenvalue weighted by Gasteiger charge is 2.08. The van der Waals surface area contributed by atoms with Crippen molar-refractivity contribution >= 4 is 23.1 Å². The van der Waals surface area contributed by atoms with E-state index in [9.17, 15) is 0 Å². The fourth-order valence-electron chi connectivity index (χ4n) is 3.17. The predicted octanol–water partition coefficient (Wildman–Crippen LogP) is 4.65. The van der Waals surface area contributed by atoms with Crippen LogP contribution in [0, 0.1) is 6.92 Å². The Morgan fingerprint density at radius 1 is 1.07 bits per heavy atom. The lowest BCUT2D eigenvalue weighted by Crippen LogP contribution is -2.08. The molecule has 0 bridgehead atoms. The van der Waals surface area contributed by atoms with Crippen LogP contribution in [0.3, 0.4) is 0 Å². The first-order chi connectivity index (χ1) is 13.7. The molecule has 0 saturated heterocycles. The molecule has 0 unspecified atom stereocenters. The van der Waals surface area contributed by atoms with Crippen LogP contribution >= 0.6 is 0 Å². The minimum Gasteiger partial charge on any atom is -0.368 e. The minimum absolute atomic E-state index is 0.798. The van der Waals surface area contributed by atoms with Crippen LogP contribution in [-0.2, 0) is 6.42 Å². The molecule has 0 atom stereocenters. The Bertz CT molecular complexity index is 1110. The highest BCUT2D eigenvalue weighted by Crippen LogP contribution is 2.21.